The average molecular weight is 765 g/mol. The Balaban J connectivity index is 0.927. The van der Waals surface area contributed by atoms with Crippen LogP contribution >= 0.6 is 0 Å². The van der Waals surface area contributed by atoms with E-state index in [1.807, 2.05) is 0 Å². The van der Waals surface area contributed by atoms with Crippen molar-refractivity contribution < 1.29 is 0 Å². The first-order valence-electron chi connectivity index (χ1n) is 21.3. The zero-order valence-electron chi connectivity index (χ0n) is 33.0. The summed E-state index contributed by atoms with van der Waals surface area (Å²) in [7, 11) is 0. The maximum atomic E-state index is 2.54. The van der Waals surface area contributed by atoms with Crippen molar-refractivity contribution >= 4 is 50.4 Å². The Morgan fingerprint density at radius 1 is 0.467 bits per heavy atom. The second-order valence-electron chi connectivity index (χ2n) is 16.8. The van der Waals surface area contributed by atoms with Crippen molar-refractivity contribution in [1.29, 1.82) is 0 Å². The molecule has 2 nitrogen and oxygen atoms in total. The van der Waals surface area contributed by atoms with Crippen molar-refractivity contribution in [3.05, 3.63) is 222 Å². The molecule has 4 aliphatic rings. The number of hydrogen-bond donors (Lipinski definition) is 0. The largest absolute Gasteiger partial charge is 0.310 e. The van der Waals surface area contributed by atoms with Gasteiger partial charge in [-0.25, -0.2) is 0 Å². The molecule has 0 radical (unpaired) electrons. The van der Waals surface area contributed by atoms with Gasteiger partial charge >= 0.3 is 0 Å². The van der Waals surface area contributed by atoms with E-state index >= 15 is 0 Å². The predicted octanol–water partition coefficient (Wildman–Crippen LogP) is 13.1. The highest BCUT2D eigenvalue weighted by Crippen LogP contribution is 2.48. The van der Waals surface area contributed by atoms with E-state index in [9.17, 15) is 0 Å². The van der Waals surface area contributed by atoms with E-state index in [0.29, 0.717) is 11.8 Å². The summed E-state index contributed by atoms with van der Waals surface area (Å²) in [4.78, 5) is 0. The maximum absolute atomic E-state index is 2.54. The number of nitrogens with zero attached hydrogens (tertiary/aromatic N) is 2. The van der Waals surface area contributed by atoms with Crippen LogP contribution in [0.15, 0.2) is 200 Å². The first-order valence-corrected chi connectivity index (χ1v) is 21.3. The van der Waals surface area contributed by atoms with Crippen LogP contribution in [0.1, 0.15) is 23.5 Å². The molecule has 0 amide bonds. The Morgan fingerprint density at radius 2 is 1.20 bits per heavy atom. The third-order valence-electron chi connectivity index (χ3n) is 13.5. The van der Waals surface area contributed by atoms with Crippen molar-refractivity contribution in [1.82, 2.24) is 9.13 Å². The Morgan fingerprint density at radius 3 is 2.08 bits per heavy atom. The summed E-state index contributed by atoms with van der Waals surface area (Å²) in [5, 5.41) is 6.51. The summed E-state index contributed by atoms with van der Waals surface area (Å²) >= 11 is 0. The van der Waals surface area contributed by atoms with Gasteiger partial charge in [-0.3, -0.25) is 0 Å². The van der Waals surface area contributed by atoms with E-state index in [2.05, 4.69) is 222 Å². The molecule has 2 aromatic heterocycles. The molecular weight excluding hydrogens is 725 g/mol. The summed E-state index contributed by atoms with van der Waals surface area (Å²) in [6, 6.07) is 58.9. The Bertz CT molecular complexity index is 3510. The molecule has 7 aromatic carbocycles. The predicted molar refractivity (Wildman–Crippen MR) is 252 cm³/mol. The van der Waals surface area contributed by atoms with Crippen LogP contribution in [0, 0.1) is 11.8 Å². The van der Waals surface area contributed by atoms with E-state index in [4.69, 9.17) is 0 Å². The third-order valence-corrected chi connectivity index (χ3v) is 13.5. The quantitative estimate of drug-likeness (QED) is 0.169. The molecule has 3 atom stereocenters. The molecule has 2 heteroatoms. The van der Waals surface area contributed by atoms with E-state index in [-0.39, 0.29) is 5.92 Å². The fourth-order valence-electron chi connectivity index (χ4n) is 10.6. The Kier molecular flexibility index (Phi) is 7.29. The van der Waals surface area contributed by atoms with Crippen molar-refractivity contribution in [2.75, 3.05) is 0 Å². The average Bonchev–Trinajstić information content (AvgIpc) is 3.79. The molecule has 0 N–H and O–H groups in total. The minimum Gasteiger partial charge on any atom is -0.310 e. The summed E-state index contributed by atoms with van der Waals surface area (Å²) in [5.41, 5.74) is 17.7. The molecule has 0 saturated heterocycles. The van der Waals surface area contributed by atoms with Crippen LogP contribution in [0.25, 0.3) is 95.2 Å². The second-order valence-corrected chi connectivity index (χ2v) is 16.8. The number of hydrogen-bond acceptors (Lipinski definition) is 0. The number of aromatic nitrogens is 2. The van der Waals surface area contributed by atoms with E-state index in [1.54, 1.807) is 0 Å². The normalized spacial score (nSPS) is 18.3. The van der Waals surface area contributed by atoms with Crippen LogP contribution in [-0.4, -0.2) is 9.13 Å². The first kappa shape index (κ1) is 33.5. The van der Waals surface area contributed by atoms with Crippen LogP contribution in [0.5, 0.6) is 0 Å². The molecule has 0 fully saturated rings. The molecule has 60 heavy (non-hydrogen) atoms. The molecule has 13 rings (SSSR count). The number of fused-ring (bicyclic) bond motifs is 12. The molecule has 1 aliphatic heterocycles. The van der Waals surface area contributed by atoms with Gasteiger partial charge in [-0.1, -0.05) is 170 Å². The fraction of sp³-hybridized carbons (Fsp3) is 0.0690. The SMILES string of the molecule is C1=CC2C=CC(c3ccc(-n4c5c(c6ccccc64)=CC(c4ccc6c(c4)c4cccc7c4n6-c4ccc(-c6ccccc6)cc4-c4ccccc4-7)CC=5)cc3)=CC2C=C1. The van der Waals surface area contributed by atoms with Gasteiger partial charge in [0.15, 0.2) is 0 Å². The van der Waals surface area contributed by atoms with Gasteiger partial charge in [0.25, 0.3) is 0 Å². The van der Waals surface area contributed by atoms with E-state index in [1.165, 1.54) is 105 Å². The molecule has 0 bridgehead atoms. The second kappa shape index (κ2) is 13.0. The van der Waals surface area contributed by atoms with Crippen LogP contribution in [0.2, 0.25) is 0 Å². The standard InChI is InChI=1S/C58H40N2/c1-2-11-37(12-3-1)42-25-31-56-51(34-42)47-16-7-6-15-46(47)49-18-10-19-50-53-36-44(27-32-57(53)60(56)58(49)50)43-26-30-55-52(35-43)48-17-8-9-20-54(48)59(55)45-28-23-39(24-29-45)41-22-21-38-13-4-5-14-40(38)33-41/h1-25,27-36,38,40,43H,26H2. The number of benzene rings is 7. The minimum absolute atomic E-state index is 0.261. The number of rotatable bonds is 4. The zero-order valence-corrected chi connectivity index (χ0v) is 33.0. The van der Waals surface area contributed by atoms with Gasteiger partial charge in [-0.15, -0.1) is 0 Å². The molecule has 0 saturated carbocycles. The van der Waals surface area contributed by atoms with Gasteiger partial charge in [-0.2, -0.15) is 0 Å². The monoisotopic (exact) mass is 764 g/mol. The molecule has 3 heterocycles. The van der Waals surface area contributed by atoms with Crippen molar-refractivity contribution in [3.8, 4) is 44.8 Å². The van der Waals surface area contributed by atoms with Crippen LogP contribution in [-0.2, 0) is 0 Å². The van der Waals surface area contributed by atoms with Gasteiger partial charge in [0.1, 0.15) is 0 Å². The summed E-state index contributed by atoms with van der Waals surface area (Å²) in [5.74, 6) is 1.15. The lowest BCUT2D eigenvalue weighted by atomic mass is 9.82. The highest BCUT2D eigenvalue weighted by atomic mass is 15.0. The van der Waals surface area contributed by atoms with E-state index in [0.717, 1.165) is 6.42 Å². The van der Waals surface area contributed by atoms with Crippen LogP contribution < -0.4 is 10.6 Å². The van der Waals surface area contributed by atoms with Gasteiger partial charge in [0.2, 0.25) is 0 Å². The Hall–Kier alpha value is -7.42. The fourth-order valence-corrected chi connectivity index (χ4v) is 10.6. The van der Waals surface area contributed by atoms with Gasteiger partial charge in [-0.05, 0) is 87.8 Å². The van der Waals surface area contributed by atoms with Gasteiger partial charge in [0.05, 0.1) is 22.2 Å². The van der Waals surface area contributed by atoms with Crippen molar-refractivity contribution in [2.45, 2.75) is 12.3 Å². The Labute approximate surface area is 349 Å². The zero-order chi connectivity index (χ0) is 39.3. The lowest BCUT2D eigenvalue weighted by molar-refractivity contribution is 0.663. The number of allylic oxidation sites excluding steroid dienone is 8. The lowest BCUT2D eigenvalue weighted by Crippen LogP contribution is -2.31. The van der Waals surface area contributed by atoms with E-state index < -0.39 is 0 Å². The molecule has 3 unspecified atom stereocenters. The first-order chi connectivity index (χ1) is 29.7. The summed E-state index contributed by atoms with van der Waals surface area (Å²) in [6.07, 6.45) is 21.9. The van der Waals surface area contributed by atoms with Crippen LogP contribution in [0.3, 0.4) is 0 Å². The minimum atomic E-state index is 0.261. The smallest absolute Gasteiger partial charge is 0.0619 e. The number of para-hydroxylation sites is 2. The lowest BCUT2D eigenvalue weighted by Gasteiger charge is -2.23. The van der Waals surface area contributed by atoms with Gasteiger partial charge in [0, 0.05) is 61.3 Å². The molecule has 3 aliphatic carbocycles. The molecule has 0 spiro atoms. The topological polar surface area (TPSA) is 9.86 Å². The summed E-state index contributed by atoms with van der Waals surface area (Å²) in [6.45, 7) is 0. The maximum Gasteiger partial charge on any atom is 0.0619 e. The van der Waals surface area contributed by atoms with Crippen molar-refractivity contribution in [3.63, 3.8) is 0 Å². The van der Waals surface area contributed by atoms with Crippen molar-refractivity contribution in [2.24, 2.45) is 11.8 Å². The van der Waals surface area contributed by atoms with Crippen LogP contribution in [0.4, 0.5) is 0 Å². The van der Waals surface area contributed by atoms with Gasteiger partial charge < -0.3 is 9.13 Å². The molecule has 282 valence electrons. The molecular formula is C58H40N2. The highest BCUT2D eigenvalue weighted by molar-refractivity contribution is 6.16. The highest BCUT2D eigenvalue weighted by Gasteiger charge is 2.26. The summed E-state index contributed by atoms with van der Waals surface area (Å²) < 4.78 is 5.00. The molecule has 9 aromatic rings. The third kappa shape index (κ3) is 5.01.